The molecule has 0 aliphatic heterocycles. The highest BCUT2D eigenvalue weighted by Crippen LogP contribution is 2.59. The molecule has 2 spiro atoms. The maximum absolute atomic E-state index is 2.60. The molecular formula is C48H37I. The molecule has 236 valence electrons. The summed E-state index contributed by atoms with van der Waals surface area (Å²) in [4.78, 5) is 0. The molecule has 0 aromatic heterocycles. The first-order valence-corrected chi connectivity index (χ1v) is 19.4. The summed E-state index contributed by atoms with van der Waals surface area (Å²) in [6, 6.07) is 49.8. The molecule has 2 saturated carbocycles. The van der Waals surface area contributed by atoms with Crippen LogP contribution >= 0.6 is 22.6 Å². The van der Waals surface area contributed by atoms with Crippen molar-refractivity contribution in [3.05, 3.63) is 153 Å². The second-order valence-electron chi connectivity index (χ2n) is 15.2. The fraction of sp³-hybridized carbons (Fsp3) is 0.208. The molecule has 49 heavy (non-hydrogen) atoms. The molecule has 7 aromatic rings. The highest BCUT2D eigenvalue weighted by atomic mass is 127. The van der Waals surface area contributed by atoms with Gasteiger partial charge in [-0.1, -0.05) is 129 Å². The van der Waals surface area contributed by atoms with E-state index in [2.05, 4.69) is 150 Å². The second kappa shape index (κ2) is 10.4. The molecule has 0 radical (unpaired) electrons. The first-order chi connectivity index (χ1) is 24.2. The molecule has 1 heteroatoms. The maximum Gasteiger partial charge on any atom is 0.0215 e. The number of halogens is 1. The molecule has 7 aromatic carbocycles. The van der Waals surface area contributed by atoms with Crippen LogP contribution < -0.4 is 0 Å². The lowest BCUT2D eigenvalue weighted by Gasteiger charge is -2.27. The van der Waals surface area contributed by atoms with Gasteiger partial charge in [0.1, 0.15) is 0 Å². The van der Waals surface area contributed by atoms with Crippen LogP contribution in [-0.4, -0.2) is 0 Å². The van der Waals surface area contributed by atoms with E-state index < -0.39 is 0 Å². The van der Waals surface area contributed by atoms with Crippen LogP contribution in [0.4, 0.5) is 0 Å². The fourth-order valence-corrected chi connectivity index (χ4v) is 11.5. The Labute approximate surface area is 302 Å². The van der Waals surface area contributed by atoms with Gasteiger partial charge in [-0.25, -0.2) is 0 Å². The molecule has 0 amide bonds. The summed E-state index contributed by atoms with van der Waals surface area (Å²) in [5.41, 5.74) is 17.8. The largest absolute Gasteiger partial charge is 0.0619 e. The van der Waals surface area contributed by atoms with E-state index in [1.807, 2.05) is 0 Å². The van der Waals surface area contributed by atoms with Crippen molar-refractivity contribution < 1.29 is 0 Å². The van der Waals surface area contributed by atoms with Crippen LogP contribution in [0, 0.1) is 3.57 Å². The Morgan fingerprint density at radius 3 is 1.33 bits per heavy atom. The average molecular weight is 741 g/mol. The number of benzene rings is 7. The van der Waals surface area contributed by atoms with Gasteiger partial charge in [0.05, 0.1) is 0 Å². The summed E-state index contributed by atoms with van der Waals surface area (Å²) in [5.74, 6) is 0. The van der Waals surface area contributed by atoms with Gasteiger partial charge in [0.15, 0.2) is 0 Å². The Morgan fingerprint density at radius 2 is 0.796 bits per heavy atom. The van der Waals surface area contributed by atoms with Gasteiger partial charge >= 0.3 is 0 Å². The highest BCUT2D eigenvalue weighted by Gasteiger charge is 2.46. The van der Waals surface area contributed by atoms with Crippen molar-refractivity contribution in [2.45, 2.75) is 62.2 Å². The summed E-state index contributed by atoms with van der Waals surface area (Å²) in [5, 5.41) is 5.41. The Hall–Kier alpha value is -4.21. The van der Waals surface area contributed by atoms with Crippen LogP contribution in [-0.2, 0) is 10.8 Å². The van der Waals surface area contributed by atoms with Gasteiger partial charge in [-0.2, -0.15) is 0 Å². The van der Waals surface area contributed by atoms with E-state index in [1.54, 1.807) is 22.3 Å². The van der Waals surface area contributed by atoms with Crippen LogP contribution in [0.5, 0.6) is 0 Å². The second-order valence-corrected chi connectivity index (χ2v) is 16.4. The van der Waals surface area contributed by atoms with Crippen LogP contribution in [0.1, 0.15) is 73.6 Å². The zero-order chi connectivity index (χ0) is 32.3. The Balaban J connectivity index is 1.17. The van der Waals surface area contributed by atoms with Crippen molar-refractivity contribution in [3.63, 3.8) is 0 Å². The standard InChI is InChI=1S/C48H37I/c49-32-19-22-39-40(29-32)46(31-18-21-36-34-12-4-6-16-42(34)48(44(36)28-31)25-9-10-26-48)38-14-2-1-13-37(38)45(39)30-17-20-35-33-11-3-5-15-41(33)47(43(35)27-30)23-7-8-24-47/h1-6,11-22,27-29H,7-10,23-26H2. The smallest absolute Gasteiger partial charge is 0.0215 e. The minimum atomic E-state index is 0.153. The van der Waals surface area contributed by atoms with Gasteiger partial charge in [-0.3, -0.25) is 0 Å². The molecule has 0 N–H and O–H groups in total. The molecule has 0 bridgehead atoms. The molecule has 4 aliphatic rings. The average Bonchev–Trinajstić information content (AvgIpc) is 3.95. The lowest BCUT2D eigenvalue weighted by molar-refractivity contribution is 0.550. The third-order valence-corrected chi connectivity index (χ3v) is 13.7. The van der Waals surface area contributed by atoms with Crippen molar-refractivity contribution in [1.29, 1.82) is 0 Å². The molecule has 0 saturated heterocycles. The van der Waals surface area contributed by atoms with Crippen LogP contribution in [0.3, 0.4) is 0 Å². The van der Waals surface area contributed by atoms with E-state index >= 15 is 0 Å². The van der Waals surface area contributed by atoms with E-state index in [-0.39, 0.29) is 10.8 Å². The van der Waals surface area contributed by atoms with Crippen molar-refractivity contribution in [1.82, 2.24) is 0 Å². The summed E-state index contributed by atoms with van der Waals surface area (Å²) < 4.78 is 1.28. The lowest BCUT2D eigenvalue weighted by atomic mass is 9.75. The molecule has 0 nitrogen and oxygen atoms in total. The monoisotopic (exact) mass is 740 g/mol. The number of hydrogen-bond acceptors (Lipinski definition) is 0. The Bertz CT molecular complexity index is 2520. The predicted octanol–water partition coefficient (Wildman–Crippen LogP) is 13.6. The molecule has 4 aliphatic carbocycles. The third-order valence-electron chi connectivity index (χ3n) is 13.0. The zero-order valence-corrected chi connectivity index (χ0v) is 29.8. The van der Waals surface area contributed by atoms with Gasteiger partial charge in [0.2, 0.25) is 0 Å². The van der Waals surface area contributed by atoms with E-state index in [1.165, 1.54) is 121 Å². The highest BCUT2D eigenvalue weighted by molar-refractivity contribution is 14.1. The number of fused-ring (bicyclic) bond motifs is 12. The van der Waals surface area contributed by atoms with Gasteiger partial charge in [-0.15, -0.1) is 0 Å². The topological polar surface area (TPSA) is 0 Å². The molecular weight excluding hydrogens is 703 g/mol. The van der Waals surface area contributed by atoms with Gasteiger partial charge in [0, 0.05) is 14.4 Å². The van der Waals surface area contributed by atoms with Crippen LogP contribution in [0.2, 0.25) is 0 Å². The molecule has 0 unspecified atom stereocenters. The minimum absolute atomic E-state index is 0.153. The quantitative estimate of drug-likeness (QED) is 0.122. The minimum Gasteiger partial charge on any atom is -0.0619 e. The Kier molecular flexibility index (Phi) is 6.07. The summed E-state index contributed by atoms with van der Waals surface area (Å²) in [7, 11) is 0. The SMILES string of the molecule is Ic1ccc2c(-c3ccc4c(c3)C3(CCCC3)c3ccccc3-4)c3ccccc3c(-c3ccc4c(c3)C3(CCCC3)c3ccccc3-4)c2c1. The van der Waals surface area contributed by atoms with Crippen LogP contribution in [0.25, 0.3) is 66.1 Å². The normalized spacial score (nSPS) is 17.6. The van der Waals surface area contributed by atoms with Gasteiger partial charge in [0.25, 0.3) is 0 Å². The zero-order valence-electron chi connectivity index (χ0n) is 27.7. The summed E-state index contributed by atoms with van der Waals surface area (Å²) in [6.07, 6.45) is 10.2. The number of rotatable bonds is 2. The van der Waals surface area contributed by atoms with E-state index in [0.29, 0.717) is 0 Å². The molecule has 0 heterocycles. The van der Waals surface area contributed by atoms with Crippen molar-refractivity contribution in [3.8, 4) is 44.5 Å². The predicted molar refractivity (Wildman–Crippen MR) is 214 cm³/mol. The fourth-order valence-electron chi connectivity index (χ4n) is 11.0. The lowest BCUT2D eigenvalue weighted by Crippen LogP contribution is -2.20. The van der Waals surface area contributed by atoms with E-state index in [4.69, 9.17) is 0 Å². The maximum atomic E-state index is 2.60. The number of hydrogen-bond donors (Lipinski definition) is 0. The summed E-state index contributed by atoms with van der Waals surface area (Å²) in [6.45, 7) is 0. The van der Waals surface area contributed by atoms with E-state index in [9.17, 15) is 0 Å². The first kappa shape index (κ1) is 28.6. The molecule has 11 rings (SSSR count). The van der Waals surface area contributed by atoms with Crippen molar-refractivity contribution in [2.75, 3.05) is 0 Å². The van der Waals surface area contributed by atoms with Gasteiger partial charge < -0.3 is 0 Å². The van der Waals surface area contributed by atoms with Crippen LogP contribution in [0.15, 0.2) is 127 Å². The molecule has 2 fully saturated rings. The van der Waals surface area contributed by atoms with Crippen molar-refractivity contribution >= 4 is 44.1 Å². The van der Waals surface area contributed by atoms with Crippen molar-refractivity contribution in [2.24, 2.45) is 0 Å². The first-order valence-electron chi connectivity index (χ1n) is 18.3. The molecule has 0 atom stereocenters. The summed E-state index contributed by atoms with van der Waals surface area (Å²) >= 11 is 2.52. The van der Waals surface area contributed by atoms with E-state index in [0.717, 1.165) is 0 Å². The third kappa shape index (κ3) is 3.80. The Morgan fingerprint density at radius 1 is 0.367 bits per heavy atom. The van der Waals surface area contributed by atoms with Gasteiger partial charge in [-0.05, 0) is 161 Å².